The number of nitrogens with one attached hydrogen (secondary N) is 1. The predicted octanol–water partition coefficient (Wildman–Crippen LogP) is 0.575. The van der Waals surface area contributed by atoms with Crippen molar-refractivity contribution in [3.63, 3.8) is 0 Å². The molecule has 1 aliphatic rings. The van der Waals surface area contributed by atoms with Gasteiger partial charge in [-0.05, 0) is 39.1 Å². The average molecular weight is 231 g/mol. The minimum absolute atomic E-state index is 0.693. The second kappa shape index (κ2) is 7.49. The van der Waals surface area contributed by atoms with Crippen molar-refractivity contribution >= 4 is 11.8 Å². The van der Waals surface area contributed by atoms with Crippen molar-refractivity contribution in [1.82, 2.24) is 15.1 Å². The number of piperazine rings is 1. The Morgan fingerprint density at radius 3 is 2.87 bits per heavy atom. The first-order valence-electron chi connectivity index (χ1n) is 5.82. The lowest BCUT2D eigenvalue weighted by Gasteiger charge is -2.37. The smallest absolute Gasteiger partial charge is 0.0345 e. The Hall–Kier alpha value is 0.230. The molecule has 1 N–H and O–H groups in total. The maximum atomic E-state index is 3.56. The Bertz CT molecular complexity index is 166. The molecule has 0 aromatic rings. The van der Waals surface area contributed by atoms with Crippen molar-refractivity contribution in [2.75, 3.05) is 58.8 Å². The molecule has 3 nitrogen and oxygen atoms in total. The zero-order valence-electron chi connectivity index (χ0n) is 10.3. The van der Waals surface area contributed by atoms with Crippen LogP contribution < -0.4 is 5.32 Å². The van der Waals surface area contributed by atoms with Gasteiger partial charge < -0.3 is 10.2 Å². The molecule has 1 atom stereocenters. The van der Waals surface area contributed by atoms with Gasteiger partial charge in [0.2, 0.25) is 0 Å². The topological polar surface area (TPSA) is 18.5 Å². The van der Waals surface area contributed by atoms with Crippen LogP contribution in [-0.2, 0) is 0 Å². The molecule has 0 bridgehead atoms. The Balaban J connectivity index is 2.08. The quantitative estimate of drug-likeness (QED) is 0.674. The molecule has 0 aliphatic carbocycles. The molecule has 0 saturated carbocycles. The number of rotatable bonds is 6. The van der Waals surface area contributed by atoms with Gasteiger partial charge in [-0.25, -0.2) is 0 Å². The zero-order valence-corrected chi connectivity index (χ0v) is 11.1. The molecule has 15 heavy (non-hydrogen) atoms. The zero-order chi connectivity index (χ0) is 11.1. The maximum Gasteiger partial charge on any atom is 0.0345 e. The molecule has 1 unspecified atom stereocenters. The molecular weight excluding hydrogens is 206 g/mol. The standard InChI is InChI=1S/C11H25N3S/c1-13-6-7-14(2)11(10-13)9-12-5-4-8-15-3/h11-12H,4-10H2,1-3H3. The van der Waals surface area contributed by atoms with Gasteiger partial charge in [0.25, 0.3) is 0 Å². The van der Waals surface area contributed by atoms with Crippen LogP contribution in [0, 0.1) is 0 Å². The van der Waals surface area contributed by atoms with Crippen LogP contribution in [0.1, 0.15) is 6.42 Å². The number of nitrogens with zero attached hydrogens (tertiary/aromatic N) is 2. The third-order valence-electron chi connectivity index (χ3n) is 3.06. The van der Waals surface area contributed by atoms with Crippen molar-refractivity contribution in [1.29, 1.82) is 0 Å². The highest BCUT2D eigenvalue weighted by Gasteiger charge is 2.21. The monoisotopic (exact) mass is 231 g/mol. The van der Waals surface area contributed by atoms with Gasteiger partial charge in [-0.15, -0.1) is 0 Å². The molecule has 0 aromatic carbocycles. The highest BCUT2D eigenvalue weighted by molar-refractivity contribution is 7.98. The molecule has 0 radical (unpaired) electrons. The second-order valence-electron chi connectivity index (χ2n) is 4.45. The van der Waals surface area contributed by atoms with Gasteiger partial charge in [-0.3, -0.25) is 4.90 Å². The summed E-state index contributed by atoms with van der Waals surface area (Å²) in [4.78, 5) is 4.90. The van der Waals surface area contributed by atoms with E-state index in [1.165, 1.54) is 31.8 Å². The highest BCUT2D eigenvalue weighted by atomic mass is 32.2. The summed E-state index contributed by atoms with van der Waals surface area (Å²) in [5.41, 5.74) is 0. The van der Waals surface area contributed by atoms with Gasteiger partial charge in [0.15, 0.2) is 0 Å². The number of hydrogen-bond donors (Lipinski definition) is 1. The van der Waals surface area contributed by atoms with E-state index in [0.717, 1.165) is 13.1 Å². The summed E-state index contributed by atoms with van der Waals surface area (Å²) in [5, 5.41) is 3.56. The molecule has 0 amide bonds. The predicted molar refractivity (Wildman–Crippen MR) is 69.8 cm³/mol. The van der Waals surface area contributed by atoms with E-state index in [1.54, 1.807) is 0 Å². The van der Waals surface area contributed by atoms with E-state index in [4.69, 9.17) is 0 Å². The lowest BCUT2D eigenvalue weighted by molar-refractivity contribution is 0.113. The number of likely N-dealkylation sites (N-methyl/N-ethyl adjacent to an activating group) is 2. The Labute approximate surface area is 98.6 Å². The van der Waals surface area contributed by atoms with Crippen molar-refractivity contribution in [3.8, 4) is 0 Å². The molecule has 1 saturated heterocycles. The summed E-state index contributed by atoms with van der Waals surface area (Å²) < 4.78 is 0. The fourth-order valence-electron chi connectivity index (χ4n) is 1.93. The van der Waals surface area contributed by atoms with Crippen molar-refractivity contribution < 1.29 is 0 Å². The second-order valence-corrected chi connectivity index (χ2v) is 5.43. The minimum Gasteiger partial charge on any atom is -0.315 e. The summed E-state index contributed by atoms with van der Waals surface area (Å²) in [6.07, 6.45) is 3.46. The molecule has 1 rings (SSSR count). The number of hydrogen-bond acceptors (Lipinski definition) is 4. The largest absolute Gasteiger partial charge is 0.315 e. The van der Waals surface area contributed by atoms with Crippen LogP contribution in [0.4, 0.5) is 0 Å². The van der Waals surface area contributed by atoms with E-state index in [0.29, 0.717) is 6.04 Å². The maximum absolute atomic E-state index is 3.56. The van der Waals surface area contributed by atoms with Gasteiger partial charge in [0.05, 0.1) is 0 Å². The Morgan fingerprint density at radius 2 is 2.13 bits per heavy atom. The summed E-state index contributed by atoms with van der Waals surface area (Å²) in [7, 11) is 4.45. The fourth-order valence-corrected chi connectivity index (χ4v) is 2.37. The molecule has 0 spiro atoms. The first kappa shape index (κ1) is 13.3. The molecule has 4 heteroatoms. The van der Waals surface area contributed by atoms with E-state index >= 15 is 0 Å². The Morgan fingerprint density at radius 1 is 1.33 bits per heavy atom. The van der Waals surface area contributed by atoms with Crippen LogP contribution in [-0.4, -0.2) is 74.7 Å². The van der Waals surface area contributed by atoms with Crippen molar-refractivity contribution in [2.45, 2.75) is 12.5 Å². The summed E-state index contributed by atoms with van der Waals surface area (Å²) in [6.45, 7) is 5.91. The van der Waals surface area contributed by atoms with Gasteiger partial charge in [-0.2, -0.15) is 11.8 Å². The van der Waals surface area contributed by atoms with Crippen molar-refractivity contribution in [2.24, 2.45) is 0 Å². The van der Waals surface area contributed by atoms with E-state index < -0.39 is 0 Å². The van der Waals surface area contributed by atoms with Gasteiger partial charge in [0, 0.05) is 32.2 Å². The van der Waals surface area contributed by atoms with Gasteiger partial charge >= 0.3 is 0 Å². The highest BCUT2D eigenvalue weighted by Crippen LogP contribution is 2.04. The van der Waals surface area contributed by atoms with E-state index in [9.17, 15) is 0 Å². The molecule has 0 aromatic heterocycles. The first-order chi connectivity index (χ1) is 7.24. The fraction of sp³-hybridized carbons (Fsp3) is 1.00. The molecular formula is C11H25N3S. The molecule has 1 aliphatic heterocycles. The molecule has 1 heterocycles. The Kier molecular flexibility index (Phi) is 6.64. The van der Waals surface area contributed by atoms with Gasteiger partial charge in [-0.1, -0.05) is 0 Å². The summed E-state index contributed by atoms with van der Waals surface area (Å²) in [6, 6.07) is 0.693. The van der Waals surface area contributed by atoms with Crippen LogP contribution in [0.3, 0.4) is 0 Å². The lowest BCUT2D eigenvalue weighted by atomic mass is 10.2. The van der Waals surface area contributed by atoms with Crippen molar-refractivity contribution in [3.05, 3.63) is 0 Å². The van der Waals surface area contributed by atoms with Crippen LogP contribution in [0.5, 0.6) is 0 Å². The van der Waals surface area contributed by atoms with E-state index in [2.05, 4.69) is 35.5 Å². The normalized spacial score (nSPS) is 24.6. The van der Waals surface area contributed by atoms with Crippen LogP contribution in [0.25, 0.3) is 0 Å². The van der Waals surface area contributed by atoms with Crippen LogP contribution in [0.15, 0.2) is 0 Å². The minimum atomic E-state index is 0.693. The third-order valence-corrected chi connectivity index (χ3v) is 3.76. The summed E-state index contributed by atoms with van der Waals surface area (Å²) in [5.74, 6) is 1.27. The van der Waals surface area contributed by atoms with Crippen LogP contribution in [0.2, 0.25) is 0 Å². The number of thioether (sulfide) groups is 1. The van der Waals surface area contributed by atoms with Gasteiger partial charge in [0.1, 0.15) is 0 Å². The van der Waals surface area contributed by atoms with E-state index in [1.807, 2.05) is 11.8 Å². The van der Waals surface area contributed by atoms with E-state index in [-0.39, 0.29) is 0 Å². The SMILES string of the molecule is CSCCCNCC1CN(C)CCN1C. The van der Waals surface area contributed by atoms with Crippen LogP contribution >= 0.6 is 11.8 Å². The molecule has 90 valence electrons. The third kappa shape index (κ3) is 5.20. The summed E-state index contributed by atoms with van der Waals surface area (Å²) >= 11 is 1.93. The first-order valence-corrected chi connectivity index (χ1v) is 7.22. The average Bonchev–Trinajstić information content (AvgIpc) is 2.23. The lowest BCUT2D eigenvalue weighted by Crippen LogP contribution is -2.53. The molecule has 1 fully saturated rings.